The molecule has 1 aliphatic rings. The number of fused-ring (bicyclic) bond motifs is 1. The number of hydrogen-bond donors (Lipinski definition) is 2. The van der Waals surface area contributed by atoms with Crippen molar-refractivity contribution in [3.8, 4) is 0 Å². The monoisotopic (exact) mass is 256 g/mol. The average molecular weight is 256 g/mol. The molecule has 4 nitrogen and oxygen atoms in total. The fraction of sp³-hybridized carbons (Fsp3) is 0.333. The molecule has 2 N–H and O–H groups in total. The minimum atomic E-state index is -0.696. The molecule has 0 atom stereocenters. The van der Waals surface area contributed by atoms with Gasteiger partial charge >= 0.3 is 0 Å². The zero-order valence-corrected chi connectivity index (χ0v) is 10.6. The second kappa shape index (κ2) is 4.63. The summed E-state index contributed by atoms with van der Waals surface area (Å²) in [7, 11) is 0. The molecule has 0 saturated heterocycles. The lowest BCUT2D eigenvalue weighted by Gasteiger charge is -2.36. The smallest absolute Gasteiger partial charge is 0.252 e. The Balaban J connectivity index is 1.81. The molecule has 0 radical (unpaired) electrons. The lowest BCUT2D eigenvalue weighted by Crippen LogP contribution is -2.47. The number of para-hydroxylation sites is 1. The summed E-state index contributed by atoms with van der Waals surface area (Å²) in [5, 5.41) is 13.6. The summed E-state index contributed by atoms with van der Waals surface area (Å²) in [5.74, 6) is -0.154. The largest absolute Gasteiger partial charge is 0.388 e. The van der Waals surface area contributed by atoms with Gasteiger partial charge in [0.15, 0.2) is 0 Å². The van der Waals surface area contributed by atoms with Crippen LogP contribution in [-0.4, -0.2) is 28.1 Å². The third-order valence-electron chi connectivity index (χ3n) is 3.76. The first kappa shape index (κ1) is 12.1. The molecule has 3 rings (SSSR count). The van der Waals surface area contributed by atoms with Crippen LogP contribution in [0.15, 0.2) is 36.5 Å². The fourth-order valence-corrected chi connectivity index (χ4v) is 2.40. The highest BCUT2D eigenvalue weighted by atomic mass is 16.3. The molecular formula is C15H16N2O2. The van der Waals surface area contributed by atoms with E-state index in [-0.39, 0.29) is 5.91 Å². The molecule has 0 bridgehead atoms. The summed E-state index contributed by atoms with van der Waals surface area (Å²) in [6.07, 6.45) is 4.20. The van der Waals surface area contributed by atoms with E-state index in [1.54, 1.807) is 12.3 Å². The third kappa shape index (κ3) is 2.31. The number of aromatic nitrogens is 1. The summed E-state index contributed by atoms with van der Waals surface area (Å²) >= 11 is 0. The molecule has 19 heavy (non-hydrogen) atoms. The highest BCUT2D eigenvalue weighted by Crippen LogP contribution is 2.30. The summed E-state index contributed by atoms with van der Waals surface area (Å²) in [6, 6.07) is 9.26. The minimum absolute atomic E-state index is 0.154. The molecule has 1 amide bonds. The van der Waals surface area contributed by atoms with Crippen LogP contribution in [0.5, 0.6) is 0 Å². The van der Waals surface area contributed by atoms with E-state index >= 15 is 0 Å². The standard InChI is InChI=1S/C15H16N2O2/c18-14(17-10-15(19)7-3-8-15)12-6-9-16-13-5-2-1-4-11(12)13/h1-2,4-6,9,19H,3,7-8,10H2,(H,17,18). The van der Waals surface area contributed by atoms with E-state index in [0.717, 1.165) is 30.2 Å². The van der Waals surface area contributed by atoms with Crippen LogP contribution in [0.2, 0.25) is 0 Å². The quantitative estimate of drug-likeness (QED) is 0.881. The first-order chi connectivity index (χ1) is 9.18. The van der Waals surface area contributed by atoms with Gasteiger partial charge in [-0.15, -0.1) is 0 Å². The predicted molar refractivity (Wildman–Crippen MR) is 72.9 cm³/mol. The van der Waals surface area contributed by atoms with Crippen molar-refractivity contribution in [1.29, 1.82) is 0 Å². The van der Waals surface area contributed by atoms with E-state index in [1.165, 1.54) is 0 Å². The van der Waals surface area contributed by atoms with Crippen LogP contribution in [0.1, 0.15) is 29.6 Å². The van der Waals surface area contributed by atoms with E-state index in [0.29, 0.717) is 12.1 Å². The minimum Gasteiger partial charge on any atom is -0.388 e. The van der Waals surface area contributed by atoms with Crippen molar-refractivity contribution in [3.05, 3.63) is 42.1 Å². The van der Waals surface area contributed by atoms with Crippen LogP contribution in [0, 0.1) is 0 Å². The normalized spacial score (nSPS) is 16.9. The molecule has 1 aromatic carbocycles. The van der Waals surface area contributed by atoms with Crippen LogP contribution < -0.4 is 5.32 Å². The van der Waals surface area contributed by atoms with Crippen molar-refractivity contribution in [3.63, 3.8) is 0 Å². The molecule has 1 fully saturated rings. The predicted octanol–water partition coefficient (Wildman–Crippen LogP) is 1.88. The number of carbonyl (C=O) groups is 1. The van der Waals surface area contributed by atoms with Gasteiger partial charge in [0.1, 0.15) is 0 Å². The van der Waals surface area contributed by atoms with Crippen LogP contribution >= 0.6 is 0 Å². The topological polar surface area (TPSA) is 62.2 Å². The molecule has 2 aromatic rings. The Morgan fingerprint density at radius 1 is 1.32 bits per heavy atom. The van der Waals surface area contributed by atoms with Gasteiger partial charge in [-0.1, -0.05) is 18.2 Å². The highest BCUT2D eigenvalue weighted by molar-refractivity contribution is 6.05. The Kier molecular flexibility index (Phi) is 2.95. The van der Waals surface area contributed by atoms with Crippen molar-refractivity contribution < 1.29 is 9.90 Å². The number of benzene rings is 1. The average Bonchev–Trinajstić information content (AvgIpc) is 2.42. The van der Waals surface area contributed by atoms with Gasteiger partial charge in [-0.2, -0.15) is 0 Å². The lowest BCUT2D eigenvalue weighted by atomic mass is 9.80. The molecule has 1 aromatic heterocycles. The van der Waals surface area contributed by atoms with E-state index in [1.807, 2.05) is 24.3 Å². The number of nitrogens with zero attached hydrogens (tertiary/aromatic N) is 1. The van der Waals surface area contributed by atoms with Crippen LogP contribution in [0.25, 0.3) is 10.9 Å². The van der Waals surface area contributed by atoms with E-state index in [9.17, 15) is 9.90 Å². The maximum atomic E-state index is 12.2. The third-order valence-corrected chi connectivity index (χ3v) is 3.76. The first-order valence-corrected chi connectivity index (χ1v) is 6.52. The van der Waals surface area contributed by atoms with E-state index < -0.39 is 5.60 Å². The van der Waals surface area contributed by atoms with E-state index in [2.05, 4.69) is 10.3 Å². The number of nitrogens with one attached hydrogen (secondary N) is 1. The zero-order valence-electron chi connectivity index (χ0n) is 10.6. The number of amides is 1. The lowest BCUT2D eigenvalue weighted by molar-refractivity contribution is -0.0300. The SMILES string of the molecule is O=C(NCC1(O)CCC1)c1ccnc2ccccc12. The number of rotatable bonds is 3. The Labute approximate surface area is 111 Å². The fourth-order valence-electron chi connectivity index (χ4n) is 2.40. The van der Waals surface area contributed by atoms with Gasteiger partial charge in [-0.3, -0.25) is 9.78 Å². The molecule has 1 saturated carbocycles. The Hall–Kier alpha value is -1.94. The van der Waals surface area contributed by atoms with Crippen LogP contribution in [0.4, 0.5) is 0 Å². The molecule has 1 heterocycles. The second-order valence-electron chi connectivity index (χ2n) is 5.14. The van der Waals surface area contributed by atoms with Crippen molar-refractivity contribution in [2.45, 2.75) is 24.9 Å². The zero-order chi connectivity index (χ0) is 13.3. The van der Waals surface area contributed by atoms with Gasteiger partial charge in [0.2, 0.25) is 0 Å². The Morgan fingerprint density at radius 2 is 2.11 bits per heavy atom. The van der Waals surface area contributed by atoms with Crippen LogP contribution in [-0.2, 0) is 0 Å². The number of hydrogen-bond acceptors (Lipinski definition) is 3. The summed E-state index contributed by atoms with van der Waals surface area (Å²) < 4.78 is 0. The maximum Gasteiger partial charge on any atom is 0.252 e. The van der Waals surface area contributed by atoms with Gasteiger partial charge in [0.25, 0.3) is 5.91 Å². The Bertz CT molecular complexity index is 615. The van der Waals surface area contributed by atoms with E-state index in [4.69, 9.17) is 0 Å². The number of carbonyl (C=O) groups excluding carboxylic acids is 1. The van der Waals surface area contributed by atoms with Gasteiger partial charge in [0.05, 0.1) is 16.7 Å². The van der Waals surface area contributed by atoms with Crippen molar-refractivity contribution in [2.24, 2.45) is 0 Å². The van der Waals surface area contributed by atoms with Gasteiger partial charge in [0, 0.05) is 18.1 Å². The molecule has 98 valence electrons. The highest BCUT2D eigenvalue weighted by Gasteiger charge is 2.34. The summed E-state index contributed by atoms with van der Waals surface area (Å²) in [4.78, 5) is 16.4. The molecular weight excluding hydrogens is 240 g/mol. The molecule has 0 aliphatic heterocycles. The molecule has 1 aliphatic carbocycles. The van der Waals surface area contributed by atoms with Crippen molar-refractivity contribution in [2.75, 3.05) is 6.54 Å². The first-order valence-electron chi connectivity index (χ1n) is 6.52. The molecule has 4 heteroatoms. The van der Waals surface area contributed by atoms with Crippen molar-refractivity contribution >= 4 is 16.8 Å². The molecule has 0 unspecified atom stereocenters. The van der Waals surface area contributed by atoms with Gasteiger partial charge in [-0.05, 0) is 31.4 Å². The second-order valence-corrected chi connectivity index (χ2v) is 5.14. The van der Waals surface area contributed by atoms with Crippen LogP contribution in [0.3, 0.4) is 0 Å². The number of aliphatic hydroxyl groups is 1. The number of pyridine rings is 1. The Morgan fingerprint density at radius 3 is 2.84 bits per heavy atom. The molecule has 0 spiro atoms. The van der Waals surface area contributed by atoms with Gasteiger partial charge < -0.3 is 10.4 Å². The van der Waals surface area contributed by atoms with Crippen molar-refractivity contribution in [1.82, 2.24) is 10.3 Å². The summed E-state index contributed by atoms with van der Waals surface area (Å²) in [5.41, 5.74) is 0.712. The summed E-state index contributed by atoms with van der Waals surface area (Å²) in [6.45, 7) is 0.322. The maximum absolute atomic E-state index is 12.2. The van der Waals surface area contributed by atoms with Gasteiger partial charge in [-0.25, -0.2) is 0 Å².